The molecule has 5 heteroatoms. The number of carbonyl (C=O) groups excluding carboxylic acids is 1. The van der Waals surface area contributed by atoms with Crippen molar-refractivity contribution in [2.45, 2.75) is 25.8 Å². The predicted molar refractivity (Wildman–Crippen MR) is 87.4 cm³/mol. The van der Waals surface area contributed by atoms with Crippen molar-refractivity contribution < 1.29 is 9.21 Å². The normalized spacial score (nSPS) is 18.5. The first-order chi connectivity index (χ1) is 11.2. The van der Waals surface area contributed by atoms with Crippen molar-refractivity contribution in [2.75, 3.05) is 13.1 Å². The zero-order valence-corrected chi connectivity index (χ0v) is 13.1. The molecule has 3 heterocycles. The van der Waals surface area contributed by atoms with Crippen molar-refractivity contribution in [3.63, 3.8) is 0 Å². The van der Waals surface area contributed by atoms with Gasteiger partial charge in [-0.25, -0.2) is 0 Å². The minimum absolute atomic E-state index is 0.0318. The Kier molecular flexibility index (Phi) is 3.41. The number of piperidine rings is 1. The van der Waals surface area contributed by atoms with Crippen molar-refractivity contribution in [1.82, 2.24) is 14.7 Å². The molecule has 118 valence electrons. The second-order valence-electron chi connectivity index (χ2n) is 6.19. The number of hydrogen-bond acceptors (Lipinski definition) is 3. The Labute approximate surface area is 134 Å². The van der Waals surface area contributed by atoms with Gasteiger partial charge in [0.2, 0.25) is 0 Å². The molecular formula is C18H19N3O2. The molecule has 0 bridgehead atoms. The van der Waals surface area contributed by atoms with Crippen molar-refractivity contribution in [2.24, 2.45) is 0 Å². The Balaban J connectivity index is 1.57. The summed E-state index contributed by atoms with van der Waals surface area (Å²) in [5, 5.41) is 5.29. The highest BCUT2D eigenvalue weighted by Gasteiger charge is 2.27. The van der Waals surface area contributed by atoms with E-state index in [1.54, 1.807) is 6.20 Å². The fourth-order valence-corrected chi connectivity index (χ4v) is 3.28. The standard InChI is InChI=1S/C18H19N3O2/c1-13-5-6-16-14(10-13)11-17(23-16)18(22)20-8-2-4-15(12-20)21-9-3-7-19-21/h3,5-7,9-11,15H,2,4,8,12H2,1H3. The van der Waals surface area contributed by atoms with Crippen LogP contribution in [0.3, 0.4) is 0 Å². The first kappa shape index (κ1) is 14.1. The highest BCUT2D eigenvalue weighted by atomic mass is 16.3. The van der Waals surface area contributed by atoms with Gasteiger partial charge in [0.25, 0.3) is 5.91 Å². The van der Waals surface area contributed by atoms with Gasteiger partial charge in [-0.2, -0.15) is 5.10 Å². The molecule has 4 rings (SSSR count). The van der Waals surface area contributed by atoms with E-state index in [0.717, 1.165) is 35.9 Å². The van der Waals surface area contributed by atoms with Gasteiger partial charge in [0.05, 0.1) is 6.04 Å². The third kappa shape index (κ3) is 2.63. The maximum atomic E-state index is 12.8. The lowest BCUT2D eigenvalue weighted by Crippen LogP contribution is -2.40. The van der Waals surface area contributed by atoms with Crippen molar-refractivity contribution >= 4 is 16.9 Å². The molecule has 5 nitrogen and oxygen atoms in total. The summed E-state index contributed by atoms with van der Waals surface area (Å²) in [5.74, 6) is 0.391. The Bertz CT molecular complexity index is 835. The van der Waals surface area contributed by atoms with Crippen LogP contribution in [0, 0.1) is 6.92 Å². The average molecular weight is 309 g/mol. The van der Waals surface area contributed by atoms with E-state index in [0.29, 0.717) is 12.3 Å². The summed E-state index contributed by atoms with van der Waals surface area (Å²) in [6.07, 6.45) is 5.77. The topological polar surface area (TPSA) is 51.3 Å². The van der Waals surface area contributed by atoms with E-state index in [2.05, 4.69) is 5.10 Å². The number of carbonyl (C=O) groups is 1. The molecule has 3 aromatic rings. The summed E-state index contributed by atoms with van der Waals surface area (Å²) in [6.45, 7) is 3.48. The summed E-state index contributed by atoms with van der Waals surface area (Å²) in [4.78, 5) is 14.6. The minimum atomic E-state index is -0.0318. The van der Waals surface area contributed by atoms with Gasteiger partial charge in [0, 0.05) is 30.9 Å². The zero-order chi connectivity index (χ0) is 15.8. The molecule has 1 saturated heterocycles. The molecular weight excluding hydrogens is 290 g/mol. The second-order valence-corrected chi connectivity index (χ2v) is 6.19. The molecule has 1 aromatic carbocycles. The number of furan rings is 1. The molecule has 1 amide bonds. The van der Waals surface area contributed by atoms with E-state index in [1.165, 1.54) is 0 Å². The molecule has 2 aromatic heterocycles. The molecule has 1 atom stereocenters. The molecule has 0 spiro atoms. The van der Waals surface area contributed by atoms with Crippen LogP contribution in [-0.2, 0) is 0 Å². The van der Waals surface area contributed by atoms with E-state index in [-0.39, 0.29) is 11.9 Å². The van der Waals surface area contributed by atoms with E-state index >= 15 is 0 Å². The Morgan fingerprint density at radius 3 is 3.09 bits per heavy atom. The summed E-state index contributed by atoms with van der Waals surface area (Å²) < 4.78 is 7.70. The Hall–Kier alpha value is -2.56. The zero-order valence-electron chi connectivity index (χ0n) is 13.1. The SMILES string of the molecule is Cc1ccc2oc(C(=O)N3CCCC(n4cccn4)C3)cc2c1. The Morgan fingerprint density at radius 2 is 2.26 bits per heavy atom. The number of benzene rings is 1. The monoisotopic (exact) mass is 309 g/mol. The molecule has 0 aliphatic carbocycles. The number of likely N-dealkylation sites (tertiary alicyclic amines) is 1. The van der Waals surface area contributed by atoms with Crippen LogP contribution in [0.4, 0.5) is 0 Å². The molecule has 0 N–H and O–H groups in total. The molecule has 1 fully saturated rings. The number of aromatic nitrogens is 2. The number of nitrogens with zero attached hydrogens (tertiary/aromatic N) is 3. The van der Waals surface area contributed by atoms with Gasteiger partial charge in [-0.3, -0.25) is 9.48 Å². The summed E-state index contributed by atoms with van der Waals surface area (Å²) >= 11 is 0. The van der Waals surface area contributed by atoms with Crippen molar-refractivity contribution in [3.05, 3.63) is 54.0 Å². The second kappa shape index (κ2) is 5.57. The van der Waals surface area contributed by atoms with Gasteiger partial charge < -0.3 is 9.32 Å². The molecule has 1 aliphatic heterocycles. The van der Waals surface area contributed by atoms with Crippen molar-refractivity contribution in [3.8, 4) is 0 Å². The largest absolute Gasteiger partial charge is 0.451 e. The number of hydrogen-bond donors (Lipinski definition) is 0. The highest BCUT2D eigenvalue weighted by molar-refractivity contribution is 5.96. The average Bonchev–Trinajstić information content (AvgIpc) is 3.23. The van der Waals surface area contributed by atoms with Crippen LogP contribution in [0.5, 0.6) is 0 Å². The maximum Gasteiger partial charge on any atom is 0.289 e. The molecule has 23 heavy (non-hydrogen) atoms. The van der Waals surface area contributed by atoms with Gasteiger partial charge in [-0.1, -0.05) is 11.6 Å². The first-order valence-corrected chi connectivity index (χ1v) is 7.99. The fraction of sp³-hybridized carbons (Fsp3) is 0.333. The fourth-order valence-electron chi connectivity index (χ4n) is 3.28. The van der Waals surface area contributed by atoms with Crippen LogP contribution in [-0.4, -0.2) is 33.7 Å². The highest BCUT2D eigenvalue weighted by Crippen LogP contribution is 2.25. The molecule has 0 radical (unpaired) electrons. The predicted octanol–water partition coefficient (Wildman–Crippen LogP) is 3.42. The molecule has 0 saturated carbocycles. The number of amides is 1. The van der Waals surface area contributed by atoms with E-state index in [4.69, 9.17) is 4.42 Å². The van der Waals surface area contributed by atoms with Gasteiger partial charge in [0.1, 0.15) is 5.58 Å². The smallest absolute Gasteiger partial charge is 0.289 e. The lowest BCUT2D eigenvalue weighted by atomic mass is 10.1. The van der Waals surface area contributed by atoms with Crippen LogP contribution in [0.15, 0.2) is 47.1 Å². The molecule has 1 aliphatic rings. The van der Waals surface area contributed by atoms with Crippen LogP contribution < -0.4 is 0 Å². The quantitative estimate of drug-likeness (QED) is 0.729. The van der Waals surface area contributed by atoms with Gasteiger partial charge >= 0.3 is 0 Å². The van der Waals surface area contributed by atoms with E-state index < -0.39 is 0 Å². The van der Waals surface area contributed by atoms with Gasteiger partial charge in [0.15, 0.2) is 5.76 Å². The number of fused-ring (bicyclic) bond motifs is 1. The minimum Gasteiger partial charge on any atom is -0.451 e. The van der Waals surface area contributed by atoms with Gasteiger partial charge in [-0.05, 0) is 44.0 Å². The molecule has 1 unspecified atom stereocenters. The summed E-state index contributed by atoms with van der Waals surface area (Å²) in [5.41, 5.74) is 1.92. The lowest BCUT2D eigenvalue weighted by Gasteiger charge is -2.32. The summed E-state index contributed by atoms with van der Waals surface area (Å²) in [7, 11) is 0. The lowest BCUT2D eigenvalue weighted by molar-refractivity contribution is 0.0643. The van der Waals surface area contributed by atoms with E-state index in [9.17, 15) is 4.79 Å². The van der Waals surface area contributed by atoms with Crippen LogP contribution in [0.2, 0.25) is 0 Å². The number of aryl methyl sites for hydroxylation is 1. The van der Waals surface area contributed by atoms with Gasteiger partial charge in [-0.15, -0.1) is 0 Å². The number of rotatable bonds is 2. The van der Waals surface area contributed by atoms with E-state index in [1.807, 2.05) is 53.0 Å². The maximum absolute atomic E-state index is 12.8. The summed E-state index contributed by atoms with van der Waals surface area (Å²) in [6, 6.07) is 9.97. The van der Waals surface area contributed by atoms with Crippen LogP contribution in [0.25, 0.3) is 11.0 Å². The third-order valence-corrected chi connectivity index (χ3v) is 4.47. The first-order valence-electron chi connectivity index (χ1n) is 7.99. The van der Waals surface area contributed by atoms with Crippen molar-refractivity contribution in [1.29, 1.82) is 0 Å². The Morgan fingerprint density at radius 1 is 1.35 bits per heavy atom. The van der Waals surface area contributed by atoms with Crippen LogP contribution in [0.1, 0.15) is 35.0 Å². The third-order valence-electron chi connectivity index (χ3n) is 4.47. The van der Waals surface area contributed by atoms with Crippen LogP contribution >= 0.6 is 0 Å².